The molecule has 0 radical (unpaired) electrons. The van der Waals surface area contributed by atoms with Crippen LogP contribution in [0.1, 0.15) is 12.8 Å². The third-order valence-electron chi connectivity index (χ3n) is 2.71. The Hall–Kier alpha value is -1.09. The van der Waals surface area contributed by atoms with E-state index in [1.165, 1.54) is 6.07 Å². The molecule has 0 aromatic heterocycles. The van der Waals surface area contributed by atoms with E-state index in [9.17, 15) is 4.39 Å². The highest BCUT2D eigenvalue weighted by Gasteiger charge is 2.39. The van der Waals surface area contributed by atoms with Gasteiger partial charge in [0.05, 0.1) is 5.69 Å². The van der Waals surface area contributed by atoms with Crippen LogP contribution in [-0.2, 0) is 0 Å². The maximum Gasteiger partial charge on any atom is 0.146 e. The van der Waals surface area contributed by atoms with E-state index in [2.05, 4.69) is 0 Å². The van der Waals surface area contributed by atoms with Gasteiger partial charge in [0, 0.05) is 19.1 Å². The molecule has 0 heterocycles. The summed E-state index contributed by atoms with van der Waals surface area (Å²) in [4.78, 5) is 1.89. The fourth-order valence-corrected chi connectivity index (χ4v) is 1.64. The van der Waals surface area contributed by atoms with Crippen molar-refractivity contribution in [2.75, 3.05) is 18.5 Å². The zero-order chi connectivity index (χ0) is 10.2. The molecule has 0 amide bonds. The number of halogens is 1. The van der Waals surface area contributed by atoms with E-state index in [-0.39, 0.29) is 11.4 Å². The van der Waals surface area contributed by atoms with E-state index < -0.39 is 0 Å². The molecular formula is C11H15FN2. The van der Waals surface area contributed by atoms with Gasteiger partial charge >= 0.3 is 0 Å². The molecule has 1 aromatic carbocycles. The number of hydrogen-bond donors (Lipinski definition) is 1. The molecule has 3 heteroatoms. The fourth-order valence-electron chi connectivity index (χ4n) is 1.64. The molecule has 0 spiro atoms. The lowest BCUT2D eigenvalue weighted by molar-refractivity contribution is 0.607. The van der Waals surface area contributed by atoms with Crippen LogP contribution < -0.4 is 10.6 Å². The summed E-state index contributed by atoms with van der Waals surface area (Å²) in [5.74, 6) is -0.181. The standard InChI is InChI=1S/C11H15FN2/c1-14(8-11(13)6-7-11)10-5-3-2-4-9(10)12/h2-5H,6-8,13H2,1H3. The first-order valence-electron chi connectivity index (χ1n) is 4.85. The van der Waals surface area contributed by atoms with Gasteiger partial charge in [-0.3, -0.25) is 0 Å². The smallest absolute Gasteiger partial charge is 0.146 e. The lowest BCUT2D eigenvalue weighted by Crippen LogP contribution is -2.37. The van der Waals surface area contributed by atoms with E-state index in [4.69, 9.17) is 5.73 Å². The summed E-state index contributed by atoms with van der Waals surface area (Å²) in [6.07, 6.45) is 2.09. The summed E-state index contributed by atoms with van der Waals surface area (Å²) < 4.78 is 13.4. The Morgan fingerprint density at radius 3 is 2.64 bits per heavy atom. The molecule has 76 valence electrons. The quantitative estimate of drug-likeness (QED) is 0.794. The van der Waals surface area contributed by atoms with Gasteiger partial charge in [-0.15, -0.1) is 0 Å². The first kappa shape index (κ1) is 9.46. The van der Waals surface area contributed by atoms with Crippen molar-refractivity contribution in [3.05, 3.63) is 30.1 Å². The van der Waals surface area contributed by atoms with Crippen LogP contribution in [0.15, 0.2) is 24.3 Å². The zero-order valence-corrected chi connectivity index (χ0v) is 8.33. The molecule has 0 unspecified atom stereocenters. The Balaban J connectivity index is 2.10. The van der Waals surface area contributed by atoms with Crippen molar-refractivity contribution in [1.82, 2.24) is 0 Å². The Bertz CT molecular complexity index is 334. The molecule has 1 fully saturated rings. The minimum atomic E-state index is -0.181. The van der Waals surface area contributed by atoms with E-state index in [1.807, 2.05) is 18.0 Å². The summed E-state index contributed by atoms with van der Waals surface area (Å²) in [6, 6.07) is 6.79. The van der Waals surface area contributed by atoms with Crippen LogP contribution in [0, 0.1) is 5.82 Å². The number of hydrogen-bond acceptors (Lipinski definition) is 2. The highest BCUT2D eigenvalue weighted by atomic mass is 19.1. The van der Waals surface area contributed by atoms with Gasteiger partial charge in [-0.05, 0) is 25.0 Å². The van der Waals surface area contributed by atoms with Gasteiger partial charge in [0.15, 0.2) is 0 Å². The fraction of sp³-hybridized carbons (Fsp3) is 0.455. The van der Waals surface area contributed by atoms with E-state index >= 15 is 0 Å². The second-order valence-electron chi connectivity index (χ2n) is 4.17. The molecule has 0 atom stereocenters. The number of nitrogens with two attached hydrogens (primary N) is 1. The third kappa shape index (κ3) is 1.87. The maximum absolute atomic E-state index is 13.4. The van der Waals surface area contributed by atoms with E-state index in [0.29, 0.717) is 5.69 Å². The number of benzene rings is 1. The zero-order valence-electron chi connectivity index (χ0n) is 8.33. The van der Waals surface area contributed by atoms with Crippen LogP contribution >= 0.6 is 0 Å². The lowest BCUT2D eigenvalue weighted by atomic mass is 10.2. The third-order valence-corrected chi connectivity index (χ3v) is 2.71. The minimum absolute atomic E-state index is 0.0724. The lowest BCUT2D eigenvalue weighted by Gasteiger charge is -2.23. The van der Waals surface area contributed by atoms with Gasteiger partial charge in [-0.1, -0.05) is 12.1 Å². The van der Waals surface area contributed by atoms with Gasteiger partial charge in [0.1, 0.15) is 5.82 Å². The predicted octanol–water partition coefficient (Wildman–Crippen LogP) is 1.75. The second-order valence-corrected chi connectivity index (χ2v) is 4.17. The van der Waals surface area contributed by atoms with Crippen molar-refractivity contribution in [2.45, 2.75) is 18.4 Å². The molecule has 0 bridgehead atoms. The molecule has 1 aliphatic carbocycles. The summed E-state index contributed by atoms with van der Waals surface area (Å²) in [5, 5.41) is 0. The molecule has 2 nitrogen and oxygen atoms in total. The van der Waals surface area contributed by atoms with Crippen molar-refractivity contribution in [3.63, 3.8) is 0 Å². The second kappa shape index (κ2) is 3.24. The van der Waals surface area contributed by atoms with Crippen molar-refractivity contribution in [1.29, 1.82) is 0 Å². The monoisotopic (exact) mass is 194 g/mol. The Morgan fingerprint density at radius 2 is 2.07 bits per heavy atom. The van der Waals surface area contributed by atoms with Crippen molar-refractivity contribution >= 4 is 5.69 Å². The van der Waals surface area contributed by atoms with E-state index in [1.54, 1.807) is 12.1 Å². The molecule has 1 aromatic rings. The molecule has 1 saturated carbocycles. The molecular weight excluding hydrogens is 179 g/mol. The summed E-state index contributed by atoms with van der Waals surface area (Å²) in [7, 11) is 1.88. The van der Waals surface area contributed by atoms with Crippen LogP contribution in [0.2, 0.25) is 0 Å². The number of nitrogens with zero attached hydrogens (tertiary/aromatic N) is 1. The molecule has 14 heavy (non-hydrogen) atoms. The largest absolute Gasteiger partial charge is 0.370 e. The first-order chi connectivity index (χ1) is 6.61. The van der Waals surface area contributed by atoms with Crippen molar-refractivity contribution in [2.24, 2.45) is 5.73 Å². The van der Waals surface area contributed by atoms with Gasteiger partial charge in [-0.2, -0.15) is 0 Å². The minimum Gasteiger partial charge on any atom is -0.370 e. The number of anilines is 1. The van der Waals surface area contributed by atoms with Crippen LogP contribution in [0.3, 0.4) is 0 Å². The maximum atomic E-state index is 13.4. The molecule has 2 N–H and O–H groups in total. The van der Waals surface area contributed by atoms with Gasteiger partial charge in [0.25, 0.3) is 0 Å². The highest BCUT2D eigenvalue weighted by Crippen LogP contribution is 2.34. The molecule has 0 saturated heterocycles. The van der Waals surface area contributed by atoms with Crippen LogP contribution in [-0.4, -0.2) is 19.1 Å². The van der Waals surface area contributed by atoms with Crippen LogP contribution in [0.5, 0.6) is 0 Å². The van der Waals surface area contributed by atoms with Gasteiger partial charge < -0.3 is 10.6 Å². The molecule has 0 aliphatic heterocycles. The number of rotatable bonds is 3. The van der Waals surface area contributed by atoms with E-state index in [0.717, 1.165) is 19.4 Å². The first-order valence-corrected chi connectivity index (χ1v) is 4.85. The average Bonchev–Trinajstić information content (AvgIpc) is 2.84. The Kier molecular flexibility index (Phi) is 2.19. The molecule has 1 aliphatic rings. The average molecular weight is 194 g/mol. The Labute approximate surface area is 83.5 Å². The van der Waals surface area contributed by atoms with Crippen molar-refractivity contribution < 1.29 is 4.39 Å². The van der Waals surface area contributed by atoms with Gasteiger partial charge in [-0.25, -0.2) is 4.39 Å². The number of para-hydroxylation sites is 1. The van der Waals surface area contributed by atoms with Crippen molar-refractivity contribution in [3.8, 4) is 0 Å². The van der Waals surface area contributed by atoms with Crippen LogP contribution in [0.4, 0.5) is 10.1 Å². The SMILES string of the molecule is CN(CC1(N)CC1)c1ccccc1F. The highest BCUT2D eigenvalue weighted by molar-refractivity contribution is 5.47. The van der Waals surface area contributed by atoms with Crippen LogP contribution in [0.25, 0.3) is 0 Å². The summed E-state index contributed by atoms with van der Waals surface area (Å²) in [6.45, 7) is 0.730. The normalized spacial score (nSPS) is 17.9. The summed E-state index contributed by atoms with van der Waals surface area (Å²) in [5.41, 5.74) is 6.53. The number of likely N-dealkylation sites (N-methyl/N-ethyl adjacent to an activating group) is 1. The molecule has 2 rings (SSSR count). The van der Waals surface area contributed by atoms with Gasteiger partial charge in [0.2, 0.25) is 0 Å². The topological polar surface area (TPSA) is 29.3 Å². The predicted molar refractivity (Wildman–Crippen MR) is 55.8 cm³/mol. The summed E-state index contributed by atoms with van der Waals surface area (Å²) >= 11 is 0. The Morgan fingerprint density at radius 1 is 1.43 bits per heavy atom.